The second kappa shape index (κ2) is 7.92. The van der Waals surface area contributed by atoms with Gasteiger partial charge in [-0.3, -0.25) is 0 Å². The monoisotopic (exact) mass is 260 g/mol. The number of amides is 2. The Bertz CT molecular complexity index is 281. The Labute approximate surface area is 109 Å². The Balaban J connectivity index is 4.31. The van der Waals surface area contributed by atoms with Gasteiger partial charge in [-0.15, -0.1) is 0 Å². The molecule has 0 rings (SSSR count). The summed E-state index contributed by atoms with van der Waals surface area (Å²) in [6, 6.07) is -1.09. The number of urea groups is 1. The fourth-order valence-corrected chi connectivity index (χ4v) is 1.54. The van der Waals surface area contributed by atoms with Crippen molar-refractivity contribution < 1.29 is 19.4 Å². The molecule has 0 aliphatic heterocycles. The zero-order chi connectivity index (χ0) is 14.3. The molecular formula is C12H24N2O4. The maximum atomic E-state index is 12.0. The van der Waals surface area contributed by atoms with Crippen LogP contribution in [0.2, 0.25) is 0 Å². The summed E-state index contributed by atoms with van der Waals surface area (Å²) in [5, 5.41) is 8.99. The molecule has 6 nitrogen and oxygen atoms in total. The normalized spacial score (nSPS) is 12.3. The first-order valence-corrected chi connectivity index (χ1v) is 6.13. The molecule has 0 aromatic rings. The van der Waals surface area contributed by atoms with Gasteiger partial charge in [0.15, 0.2) is 0 Å². The van der Waals surface area contributed by atoms with Gasteiger partial charge < -0.3 is 19.6 Å². The summed E-state index contributed by atoms with van der Waals surface area (Å²) >= 11 is 0. The van der Waals surface area contributed by atoms with Crippen molar-refractivity contribution in [3.8, 4) is 0 Å². The highest BCUT2D eigenvalue weighted by atomic mass is 16.5. The maximum Gasteiger partial charge on any atom is 0.326 e. The molecule has 0 aromatic carbocycles. The number of ether oxygens (including phenoxy) is 1. The van der Waals surface area contributed by atoms with Crippen molar-refractivity contribution in [2.24, 2.45) is 0 Å². The van der Waals surface area contributed by atoms with Crippen molar-refractivity contribution in [3.05, 3.63) is 0 Å². The lowest BCUT2D eigenvalue weighted by Gasteiger charge is -2.29. The van der Waals surface area contributed by atoms with Gasteiger partial charge in [0.05, 0.1) is 12.7 Å². The van der Waals surface area contributed by atoms with Crippen LogP contribution >= 0.6 is 0 Å². The van der Waals surface area contributed by atoms with E-state index in [0.717, 1.165) is 0 Å². The van der Waals surface area contributed by atoms with E-state index in [2.05, 4.69) is 0 Å². The van der Waals surface area contributed by atoms with Crippen LogP contribution < -0.4 is 0 Å². The van der Waals surface area contributed by atoms with Gasteiger partial charge in [-0.1, -0.05) is 6.92 Å². The molecule has 0 heterocycles. The van der Waals surface area contributed by atoms with Crippen molar-refractivity contribution >= 4 is 12.0 Å². The van der Waals surface area contributed by atoms with Gasteiger partial charge in [0, 0.05) is 20.6 Å². The number of carboxylic acids is 1. The number of carbonyl (C=O) groups excluding carboxylic acids is 1. The summed E-state index contributed by atoms with van der Waals surface area (Å²) in [6.07, 6.45) is 0.502. The molecule has 1 N–H and O–H groups in total. The summed E-state index contributed by atoms with van der Waals surface area (Å²) < 4.78 is 5.35. The van der Waals surface area contributed by atoms with Gasteiger partial charge in [0.2, 0.25) is 0 Å². The molecule has 0 fully saturated rings. The Morgan fingerprint density at radius 1 is 1.28 bits per heavy atom. The van der Waals surface area contributed by atoms with Crippen molar-refractivity contribution in [2.45, 2.75) is 39.3 Å². The molecule has 1 atom stereocenters. The number of likely N-dealkylation sites (N-methyl/N-ethyl adjacent to an activating group) is 2. The van der Waals surface area contributed by atoms with E-state index in [9.17, 15) is 9.59 Å². The predicted molar refractivity (Wildman–Crippen MR) is 68.6 cm³/mol. The lowest BCUT2D eigenvalue weighted by Crippen LogP contribution is -2.48. The van der Waals surface area contributed by atoms with E-state index in [4.69, 9.17) is 9.84 Å². The third kappa shape index (κ3) is 5.35. The first kappa shape index (κ1) is 16.7. The third-order valence-electron chi connectivity index (χ3n) is 2.65. The SMILES string of the molecule is CCC(C(=O)O)N(C)C(=O)N(C)CCOC(C)C. The van der Waals surface area contributed by atoms with E-state index in [-0.39, 0.29) is 12.1 Å². The Hall–Kier alpha value is -1.30. The van der Waals surface area contributed by atoms with Crippen LogP contribution in [0.25, 0.3) is 0 Å². The molecule has 0 spiro atoms. The second-order valence-corrected chi connectivity index (χ2v) is 4.50. The predicted octanol–water partition coefficient (Wildman–Crippen LogP) is 1.26. The number of nitrogens with zero attached hydrogens (tertiary/aromatic N) is 2. The number of carboxylic acid groups (broad SMARTS) is 1. The number of hydrogen-bond acceptors (Lipinski definition) is 3. The molecule has 18 heavy (non-hydrogen) atoms. The summed E-state index contributed by atoms with van der Waals surface area (Å²) in [6.45, 7) is 6.47. The van der Waals surface area contributed by atoms with Gasteiger partial charge in [0.25, 0.3) is 0 Å². The van der Waals surface area contributed by atoms with Crippen LogP contribution in [-0.2, 0) is 9.53 Å². The second-order valence-electron chi connectivity index (χ2n) is 4.50. The molecule has 2 amide bonds. The van der Waals surface area contributed by atoms with Gasteiger partial charge in [0.1, 0.15) is 6.04 Å². The number of carbonyl (C=O) groups is 2. The maximum absolute atomic E-state index is 12.0. The molecule has 0 radical (unpaired) electrons. The average molecular weight is 260 g/mol. The quantitative estimate of drug-likeness (QED) is 0.748. The van der Waals surface area contributed by atoms with E-state index in [1.165, 1.54) is 16.8 Å². The summed E-state index contributed by atoms with van der Waals surface area (Å²) in [4.78, 5) is 25.6. The van der Waals surface area contributed by atoms with Crippen LogP contribution in [-0.4, -0.2) is 66.3 Å². The van der Waals surface area contributed by atoms with Gasteiger partial charge >= 0.3 is 12.0 Å². The highest BCUT2D eigenvalue weighted by Gasteiger charge is 2.26. The molecule has 0 saturated carbocycles. The fraction of sp³-hybridized carbons (Fsp3) is 0.833. The van der Waals surface area contributed by atoms with E-state index in [1.807, 2.05) is 13.8 Å². The lowest BCUT2D eigenvalue weighted by atomic mass is 10.2. The molecule has 0 aromatic heterocycles. The standard InChI is InChI=1S/C12H24N2O4/c1-6-10(11(15)16)14(5)12(17)13(4)7-8-18-9(2)3/h9-10H,6-8H2,1-5H3,(H,15,16). The summed E-state index contributed by atoms with van der Waals surface area (Å²) in [7, 11) is 3.14. The zero-order valence-electron chi connectivity index (χ0n) is 11.8. The summed E-state index contributed by atoms with van der Waals surface area (Å²) in [5.41, 5.74) is 0. The minimum absolute atomic E-state index is 0.119. The number of hydrogen-bond donors (Lipinski definition) is 1. The minimum atomic E-state index is -0.986. The van der Waals surface area contributed by atoms with Crippen molar-refractivity contribution in [1.29, 1.82) is 0 Å². The molecule has 106 valence electrons. The molecule has 0 bridgehead atoms. The van der Waals surface area contributed by atoms with Crippen LogP contribution in [0.1, 0.15) is 27.2 Å². The number of rotatable bonds is 7. The van der Waals surface area contributed by atoms with Crippen LogP contribution in [0.15, 0.2) is 0 Å². The van der Waals surface area contributed by atoms with Crippen molar-refractivity contribution in [1.82, 2.24) is 9.80 Å². The molecule has 0 aliphatic carbocycles. The average Bonchev–Trinajstić information content (AvgIpc) is 2.27. The van der Waals surface area contributed by atoms with Crippen LogP contribution in [0, 0.1) is 0 Å². The van der Waals surface area contributed by atoms with E-state index >= 15 is 0 Å². The van der Waals surface area contributed by atoms with Gasteiger partial charge in [-0.2, -0.15) is 0 Å². The Morgan fingerprint density at radius 3 is 2.22 bits per heavy atom. The molecule has 6 heteroatoms. The van der Waals surface area contributed by atoms with Crippen molar-refractivity contribution in [2.75, 3.05) is 27.2 Å². The Morgan fingerprint density at radius 2 is 1.83 bits per heavy atom. The highest BCUT2D eigenvalue weighted by molar-refractivity contribution is 5.82. The van der Waals surface area contributed by atoms with Crippen LogP contribution in [0.4, 0.5) is 4.79 Å². The largest absolute Gasteiger partial charge is 0.480 e. The first-order chi connectivity index (χ1) is 8.31. The topological polar surface area (TPSA) is 70.1 Å². The van der Waals surface area contributed by atoms with Crippen molar-refractivity contribution in [3.63, 3.8) is 0 Å². The van der Waals surface area contributed by atoms with Crippen LogP contribution in [0.5, 0.6) is 0 Å². The van der Waals surface area contributed by atoms with Gasteiger partial charge in [-0.25, -0.2) is 9.59 Å². The number of aliphatic carboxylic acids is 1. The molecule has 1 unspecified atom stereocenters. The van der Waals surface area contributed by atoms with E-state index in [1.54, 1.807) is 14.0 Å². The minimum Gasteiger partial charge on any atom is -0.480 e. The Kier molecular flexibility index (Phi) is 7.35. The molecular weight excluding hydrogens is 236 g/mol. The molecule has 0 saturated heterocycles. The summed E-state index contributed by atoms with van der Waals surface area (Å²) in [5.74, 6) is -0.986. The van der Waals surface area contributed by atoms with E-state index < -0.39 is 12.0 Å². The lowest BCUT2D eigenvalue weighted by molar-refractivity contribution is -0.142. The smallest absolute Gasteiger partial charge is 0.326 e. The first-order valence-electron chi connectivity index (χ1n) is 6.13. The highest BCUT2D eigenvalue weighted by Crippen LogP contribution is 2.05. The third-order valence-corrected chi connectivity index (χ3v) is 2.65. The van der Waals surface area contributed by atoms with Gasteiger partial charge in [-0.05, 0) is 20.3 Å². The van der Waals surface area contributed by atoms with E-state index in [0.29, 0.717) is 19.6 Å². The van der Waals surface area contributed by atoms with Crippen LogP contribution in [0.3, 0.4) is 0 Å². The molecule has 0 aliphatic rings. The fourth-order valence-electron chi connectivity index (χ4n) is 1.54. The zero-order valence-corrected chi connectivity index (χ0v) is 11.8.